The van der Waals surface area contributed by atoms with Crippen molar-refractivity contribution in [2.45, 2.75) is 32.1 Å². The molecule has 1 aromatic rings. The molecule has 1 aromatic carbocycles. The van der Waals surface area contributed by atoms with Gasteiger partial charge in [-0.15, -0.1) is 0 Å². The molecule has 0 radical (unpaired) electrons. The van der Waals surface area contributed by atoms with E-state index in [2.05, 4.69) is 0 Å². The van der Waals surface area contributed by atoms with Gasteiger partial charge < -0.3 is 9.84 Å². The molecule has 19 heavy (non-hydrogen) atoms. The molecule has 2 rings (SSSR count). The van der Waals surface area contributed by atoms with E-state index in [4.69, 9.17) is 21.4 Å². The molecule has 1 fully saturated rings. The maximum Gasteiger partial charge on any atom is 0.306 e. The Morgan fingerprint density at radius 2 is 2.16 bits per heavy atom. The Bertz CT molecular complexity index is 453. The topological polar surface area (TPSA) is 46.5 Å². The summed E-state index contributed by atoms with van der Waals surface area (Å²) in [5.41, 5.74) is 2.15. The first-order chi connectivity index (χ1) is 9.08. The number of aliphatic carboxylic acids is 1. The van der Waals surface area contributed by atoms with Crippen LogP contribution in [-0.2, 0) is 16.0 Å². The van der Waals surface area contributed by atoms with Crippen LogP contribution >= 0.6 is 11.6 Å². The zero-order valence-electron chi connectivity index (χ0n) is 11.1. The number of rotatable bonds is 4. The zero-order valence-corrected chi connectivity index (χ0v) is 11.8. The van der Waals surface area contributed by atoms with Crippen molar-refractivity contribution in [3.05, 3.63) is 34.3 Å². The van der Waals surface area contributed by atoms with Crippen molar-refractivity contribution in [1.29, 1.82) is 0 Å². The van der Waals surface area contributed by atoms with Crippen molar-refractivity contribution in [2.75, 3.05) is 13.2 Å². The molecule has 1 aliphatic heterocycles. The van der Waals surface area contributed by atoms with E-state index in [1.807, 2.05) is 18.2 Å². The van der Waals surface area contributed by atoms with Crippen molar-refractivity contribution < 1.29 is 14.6 Å². The number of carbonyl (C=O) groups is 1. The largest absolute Gasteiger partial charge is 0.481 e. The van der Waals surface area contributed by atoms with Crippen LogP contribution < -0.4 is 0 Å². The molecule has 0 aliphatic carbocycles. The summed E-state index contributed by atoms with van der Waals surface area (Å²) in [5.74, 6) is -0.693. The Labute approximate surface area is 118 Å². The van der Waals surface area contributed by atoms with E-state index in [0.29, 0.717) is 12.3 Å². The van der Waals surface area contributed by atoms with Gasteiger partial charge in [0.15, 0.2) is 0 Å². The number of carboxylic acid groups (broad SMARTS) is 1. The van der Waals surface area contributed by atoms with Crippen molar-refractivity contribution in [2.24, 2.45) is 5.92 Å². The lowest BCUT2D eigenvalue weighted by Crippen LogP contribution is -2.15. The van der Waals surface area contributed by atoms with Crippen molar-refractivity contribution in [1.82, 2.24) is 0 Å². The maximum absolute atomic E-state index is 10.9. The normalized spacial score (nSPS) is 18.2. The third kappa shape index (κ3) is 3.71. The van der Waals surface area contributed by atoms with E-state index in [-0.39, 0.29) is 5.92 Å². The molecule has 0 saturated carbocycles. The van der Waals surface area contributed by atoms with Crippen LogP contribution in [0.4, 0.5) is 0 Å². The van der Waals surface area contributed by atoms with Gasteiger partial charge in [0.2, 0.25) is 0 Å². The van der Waals surface area contributed by atoms with Gasteiger partial charge in [0.1, 0.15) is 0 Å². The number of hydrogen-bond donors (Lipinski definition) is 1. The third-order valence-corrected chi connectivity index (χ3v) is 4.02. The lowest BCUT2D eigenvalue weighted by Gasteiger charge is -2.23. The summed E-state index contributed by atoms with van der Waals surface area (Å²) in [4.78, 5) is 10.9. The van der Waals surface area contributed by atoms with Gasteiger partial charge in [-0.2, -0.15) is 0 Å². The van der Waals surface area contributed by atoms with E-state index in [9.17, 15) is 4.79 Å². The fourth-order valence-corrected chi connectivity index (χ4v) is 2.84. The molecule has 1 N–H and O–H groups in total. The van der Waals surface area contributed by atoms with Gasteiger partial charge in [0.05, 0.1) is 5.92 Å². The molecule has 1 heterocycles. The highest BCUT2D eigenvalue weighted by atomic mass is 35.5. The fraction of sp³-hybridized carbons (Fsp3) is 0.533. The van der Waals surface area contributed by atoms with Crippen LogP contribution in [0.2, 0.25) is 5.02 Å². The van der Waals surface area contributed by atoms with Gasteiger partial charge in [-0.3, -0.25) is 4.79 Å². The van der Waals surface area contributed by atoms with Crippen LogP contribution in [0.5, 0.6) is 0 Å². The Morgan fingerprint density at radius 1 is 1.47 bits per heavy atom. The lowest BCUT2D eigenvalue weighted by molar-refractivity contribution is -0.141. The van der Waals surface area contributed by atoms with Crippen LogP contribution in [0.3, 0.4) is 0 Å². The predicted octanol–water partition coefficient (Wildman–Crippen LogP) is 3.50. The first kappa shape index (κ1) is 14.4. The molecule has 4 heteroatoms. The summed E-state index contributed by atoms with van der Waals surface area (Å²) < 4.78 is 5.36. The standard InChI is InChI=1S/C15H19ClO3/c1-10(15(17)18)8-11-2-3-13(14(16)9-11)12-4-6-19-7-5-12/h2-3,9-10,12H,4-8H2,1H3,(H,17,18). The van der Waals surface area contributed by atoms with Gasteiger partial charge in [-0.05, 0) is 42.4 Å². The van der Waals surface area contributed by atoms with E-state index in [1.54, 1.807) is 6.92 Å². The molecular weight excluding hydrogens is 264 g/mol. The first-order valence-corrected chi connectivity index (χ1v) is 7.04. The number of hydrogen-bond acceptors (Lipinski definition) is 2. The quantitative estimate of drug-likeness (QED) is 0.919. The fourth-order valence-electron chi connectivity index (χ4n) is 2.48. The summed E-state index contributed by atoms with van der Waals surface area (Å²) in [7, 11) is 0. The lowest BCUT2D eigenvalue weighted by atomic mass is 9.90. The molecule has 1 aliphatic rings. The summed E-state index contributed by atoms with van der Waals surface area (Å²) in [6.07, 6.45) is 2.53. The molecule has 104 valence electrons. The average molecular weight is 283 g/mol. The molecule has 0 amide bonds. The van der Waals surface area contributed by atoms with E-state index in [1.165, 1.54) is 0 Å². The van der Waals surface area contributed by atoms with Crippen LogP contribution in [0, 0.1) is 5.92 Å². The van der Waals surface area contributed by atoms with Crippen molar-refractivity contribution in [3.63, 3.8) is 0 Å². The van der Waals surface area contributed by atoms with E-state index >= 15 is 0 Å². The van der Waals surface area contributed by atoms with E-state index in [0.717, 1.165) is 42.2 Å². The van der Waals surface area contributed by atoms with Crippen LogP contribution in [0.15, 0.2) is 18.2 Å². The zero-order chi connectivity index (χ0) is 13.8. The van der Waals surface area contributed by atoms with E-state index < -0.39 is 5.97 Å². The minimum Gasteiger partial charge on any atom is -0.481 e. The smallest absolute Gasteiger partial charge is 0.306 e. The van der Waals surface area contributed by atoms with Crippen molar-refractivity contribution >= 4 is 17.6 Å². The SMILES string of the molecule is CC(Cc1ccc(C2CCOCC2)c(Cl)c1)C(=O)O. The van der Waals surface area contributed by atoms with Gasteiger partial charge >= 0.3 is 5.97 Å². The van der Waals surface area contributed by atoms with Gasteiger partial charge in [0, 0.05) is 18.2 Å². The average Bonchev–Trinajstić information content (AvgIpc) is 2.39. The second kappa shape index (κ2) is 6.40. The molecule has 1 unspecified atom stereocenters. The second-order valence-electron chi connectivity index (χ2n) is 5.19. The van der Waals surface area contributed by atoms with Gasteiger partial charge in [-0.25, -0.2) is 0 Å². The number of halogens is 1. The highest BCUT2D eigenvalue weighted by Crippen LogP contribution is 2.33. The number of carboxylic acids is 1. The molecule has 1 atom stereocenters. The Kier molecular flexibility index (Phi) is 4.83. The minimum absolute atomic E-state index is 0.384. The summed E-state index contributed by atoms with van der Waals surface area (Å²) in [6, 6.07) is 5.95. The van der Waals surface area contributed by atoms with Crippen molar-refractivity contribution in [3.8, 4) is 0 Å². The molecular formula is C15H19ClO3. The van der Waals surface area contributed by atoms with Gasteiger partial charge in [-0.1, -0.05) is 30.7 Å². The molecule has 0 bridgehead atoms. The number of ether oxygens (including phenoxy) is 1. The number of benzene rings is 1. The molecule has 3 nitrogen and oxygen atoms in total. The van der Waals surface area contributed by atoms with Crippen LogP contribution in [0.1, 0.15) is 36.8 Å². The third-order valence-electron chi connectivity index (χ3n) is 3.69. The minimum atomic E-state index is -0.773. The van der Waals surface area contributed by atoms with Crippen LogP contribution in [-0.4, -0.2) is 24.3 Å². The summed E-state index contributed by atoms with van der Waals surface area (Å²) in [6.45, 7) is 3.29. The monoisotopic (exact) mass is 282 g/mol. The second-order valence-corrected chi connectivity index (χ2v) is 5.59. The Morgan fingerprint density at radius 3 is 2.74 bits per heavy atom. The molecule has 1 saturated heterocycles. The molecule has 0 spiro atoms. The Hall–Kier alpha value is -1.06. The predicted molar refractivity (Wildman–Crippen MR) is 74.7 cm³/mol. The van der Waals surface area contributed by atoms with Crippen LogP contribution in [0.25, 0.3) is 0 Å². The van der Waals surface area contributed by atoms with Gasteiger partial charge in [0.25, 0.3) is 0 Å². The Balaban J connectivity index is 2.10. The summed E-state index contributed by atoms with van der Waals surface area (Å²) >= 11 is 6.34. The highest BCUT2D eigenvalue weighted by molar-refractivity contribution is 6.31. The summed E-state index contributed by atoms with van der Waals surface area (Å²) in [5, 5.41) is 9.68. The maximum atomic E-state index is 10.9. The molecule has 0 aromatic heterocycles. The highest BCUT2D eigenvalue weighted by Gasteiger charge is 2.19. The first-order valence-electron chi connectivity index (χ1n) is 6.67.